The molecule has 128 valence electrons. The summed E-state index contributed by atoms with van der Waals surface area (Å²) < 4.78 is 5.64. The second-order valence-electron chi connectivity index (χ2n) is 5.68. The molecule has 4 heteroatoms. The van der Waals surface area contributed by atoms with Gasteiger partial charge in [0.15, 0.2) is 0 Å². The average Bonchev–Trinajstić information content (AvgIpc) is 3.16. The second-order valence-corrected chi connectivity index (χ2v) is 6.59. The van der Waals surface area contributed by atoms with Crippen molar-refractivity contribution in [1.82, 2.24) is 5.32 Å². The number of benzene rings is 2. The summed E-state index contributed by atoms with van der Waals surface area (Å²) in [5.41, 5.74) is 3.22. The zero-order valence-corrected chi connectivity index (χ0v) is 14.8. The monoisotopic (exact) mass is 351 g/mol. The van der Waals surface area contributed by atoms with Crippen molar-refractivity contribution in [3.05, 3.63) is 82.6 Å². The van der Waals surface area contributed by atoms with Gasteiger partial charge in [-0.1, -0.05) is 60.7 Å². The summed E-state index contributed by atoms with van der Waals surface area (Å²) in [4.78, 5) is 13.2. The number of hydrogen-bond donors (Lipinski definition) is 1. The van der Waals surface area contributed by atoms with Crippen LogP contribution in [-0.2, 0) is 11.3 Å². The normalized spacial score (nSPS) is 10.6. The number of hydrogen-bond acceptors (Lipinski definition) is 3. The molecular weight excluding hydrogens is 330 g/mol. The van der Waals surface area contributed by atoms with Crippen molar-refractivity contribution < 1.29 is 9.53 Å². The highest BCUT2D eigenvalue weighted by molar-refractivity contribution is 7.12. The Morgan fingerprint density at radius 3 is 2.44 bits per heavy atom. The summed E-state index contributed by atoms with van der Waals surface area (Å²) in [6.07, 6.45) is 0.796. The SMILES string of the molecule is O=C(NCCCOCc1ccccc1)c1sccc1-c1ccccc1. The largest absolute Gasteiger partial charge is 0.377 e. The third-order valence-corrected chi connectivity index (χ3v) is 4.73. The first-order valence-electron chi connectivity index (χ1n) is 8.37. The predicted molar refractivity (Wildman–Crippen MR) is 103 cm³/mol. The van der Waals surface area contributed by atoms with Gasteiger partial charge in [-0.15, -0.1) is 11.3 Å². The van der Waals surface area contributed by atoms with Crippen LogP contribution in [0.15, 0.2) is 72.1 Å². The van der Waals surface area contributed by atoms with Gasteiger partial charge in [-0.2, -0.15) is 0 Å². The summed E-state index contributed by atoms with van der Waals surface area (Å²) in [6.45, 7) is 1.85. The lowest BCUT2D eigenvalue weighted by molar-refractivity contribution is 0.0939. The van der Waals surface area contributed by atoms with Gasteiger partial charge in [-0.05, 0) is 29.0 Å². The lowest BCUT2D eigenvalue weighted by Crippen LogP contribution is -2.24. The number of carbonyl (C=O) groups is 1. The highest BCUT2D eigenvalue weighted by Gasteiger charge is 2.13. The molecule has 0 fully saturated rings. The molecule has 0 aliphatic rings. The Hall–Kier alpha value is -2.43. The number of amides is 1. The molecule has 3 nitrogen and oxygen atoms in total. The van der Waals surface area contributed by atoms with Gasteiger partial charge in [0.2, 0.25) is 0 Å². The molecule has 25 heavy (non-hydrogen) atoms. The van der Waals surface area contributed by atoms with E-state index in [1.54, 1.807) is 0 Å². The van der Waals surface area contributed by atoms with Crippen LogP contribution in [-0.4, -0.2) is 19.1 Å². The maximum atomic E-state index is 12.4. The van der Waals surface area contributed by atoms with Crippen molar-refractivity contribution in [3.63, 3.8) is 0 Å². The molecule has 0 radical (unpaired) electrons. The quantitative estimate of drug-likeness (QED) is 0.595. The first kappa shape index (κ1) is 17.4. The van der Waals surface area contributed by atoms with E-state index >= 15 is 0 Å². The van der Waals surface area contributed by atoms with Crippen LogP contribution < -0.4 is 5.32 Å². The van der Waals surface area contributed by atoms with Crippen molar-refractivity contribution in [3.8, 4) is 11.1 Å². The molecule has 0 atom stereocenters. The van der Waals surface area contributed by atoms with Crippen LogP contribution in [0.25, 0.3) is 11.1 Å². The molecule has 0 unspecified atom stereocenters. The number of ether oxygens (including phenoxy) is 1. The van der Waals surface area contributed by atoms with Crippen LogP contribution >= 0.6 is 11.3 Å². The maximum absolute atomic E-state index is 12.4. The Bertz CT molecular complexity index is 784. The topological polar surface area (TPSA) is 38.3 Å². The molecule has 0 aliphatic heterocycles. The molecule has 3 aromatic rings. The molecular formula is C21H21NO2S. The van der Waals surface area contributed by atoms with Gasteiger partial charge in [0.25, 0.3) is 5.91 Å². The first-order valence-corrected chi connectivity index (χ1v) is 9.25. The minimum Gasteiger partial charge on any atom is -0.377 e. The van der Waals surface area contributed by atoms with Gasteiger partial charge in [0.05, 0.1) is 11.5 Å². The summed E-state index contributed by atoms with van der Waals surface area (Å²) >= 11 is 1.47. The summed E-state index contributed by atoms with van der Waals surface area (Å²) in [5.74, 6) is -0.0167. The molecule has 1 amide bonds. The summed E-state index contributed by atoms with van der Waals surface area (Å²) in [6, 6.07) is 22.1. The fraction of sp³-hybridized carbons (Fsp3) is 0.190. The van der Waals surface area contributed by atoms with E-state index in [2.05, 4.69) is 5.32 Å². The lowest BCUT2D eigenvalue weighted by Gasteiger charge is -2.07. The van der Waals surface area contributed by atoms with Gasteiger partial charge < -0.3 is 10.1 Å². The number of rotatable bonds is 8. The third kappa shape index (κ3) is 5.02. The number of nitrogens with one attached hydrogen (secondary N) is 1. The van der Waals surface area contributed by atoms with Gasteiger partial charge >= 0.3 is 0 Å². The minimum absolute atomic E-state index is 0.0167. The van der Waals surface area contributed by atoms with E-state index in [9.17, 15) is 4.79 Å². The Kier molecular flexibility index (Phi) is 6.37. The molecule has 0 saturated heterocycles. The van der Waals surface area contributed by atoms with E-state index in [-0.39, 0.29) is 5.91 Å². The van der Waals surface area contributed by atoms with E-state index in [0.29, 0.717) is 19.8 Å². The van der Waals surface area contributed by atoms with Crippen molar-refractivity contribution >= 4 is 17.2 Å². The third-order valence-electron chi connectivity index (χ3n) is 3.82. The summed E-state index contributed by atoms with van der Waals surface area (Å²) in [5, 5.41) is 4.94. The molecule has 1 aromatic heterocycles. The number of carbonyl (C=O) groups excluding carboxylic acids is 1. The van der Waals surface area contributed by atoms with E-state index in [1.165, 1.54) is 11.3 Å². The van der Waals surface area contributed by atoms with Crippen molar-refractivity contribution in [2.75, 3.05) is 13.2 Å². The van der Waals surface area contributed by atoms with Crippen LogP contribution in [0.1, 0.15) is 21.7 Å². The van der Waals surface area contributed by atoms with E-state index in [1.807, 2.05) is 72.1 Å². The Morgan fingerprint density at radius 1 is 0.960 bits per heavy atom. The number of thiophene rings is 1. The first-order chi connectivity index (χ1) is 12.3. The second kappa shape index (κ2) is 9.16. The molecule has 1 heterocycles. The molecule has 0 aliphatic carbocycles. The van der Waals surface area contributed by atoms with Crippen molar-refractivity contribution in [2.24, 2.45) is 0 Å². The van der Waals surface area contributed by atoms with Crippen LogP contribution in [0.2, 0.25) is 0 Å². The Labute approximate surface area is 152 Å². The fourth-order valence-electron chi connectivity index (χ4n) is 2.55. The molecule has 1 N–H and O–H groups in total. The van der Waals surface area contributed by atoms with Crippen LogP contribution in [0.5, 0.6) is 0 Å². The zero-order chi connectivity index (χ0) is 17.3. The molecule has 2 aromatic carbocycles. The zero-order valence-electron chi connectivity index (χ0n) is 14.0. The molecule has 3 rings (SSSR count). The standard InChI is InChI=1S/C21H21NO2S/c23-21(20-19(12-15-25-20)18-10-5-2-6-11-18)22-13-7-14-24-16-17-8-3-1-4-9-17/h1-6,8-12,15H,7,13-14,16H2,(H,22,23). The molecule has 0 saturated carbocycles. The van der Waals surface area contributed by atoms with E-state index < -0.39 is 0 Å². The minimum atomic E-state index is -0.0167. The van der Waals surface area contributed by atoms with Crippen molar-refractivity contribution in [1.29, 1.82) is 0 Å². The van der Waals surface area contributed by atoms with Crippen LogP contribution in [0.3, 0.4) is 0 Å². The average molecular weight is 351 g/mol. The van der Waals surface area contributed by atoms with E-state index in [4.69, 9.17) is 4.74 Å². The van der Waals surface area contributed by atoms with E-state index in [0.717, 1.165) is 28.0 Å². The molecule has 0 spiro atoms. The smallest absolute Gasteiger partial charge is 0.261 e. The maximum Gasteiger partial charge on any atom is 0.261 e. The fourth-order valence-corrected chi connectivity index (χ4v) is 3.38. The van der Waals surface area contributed by atoms with Gasteiger partial charge in [-0.3, -0.25) is 4.79 Å². The van der Waals surface area contributed by atoms with Gasteiger partial charge in [0, 0.05) is 18.7 Å². The van der Waals surface area contributed by atoms with Gasteiger partial charge in [0.1, 0.15) is 0 Å². The van der Waals surface area contributed by atoms with Gasteiger partial charge in [-0.25, -0.2) is 0 Å². The Balaban J connectivity index is 1.42. The van der Waals surface area contributed by atoms with Crippen molar-refractivity contribution in [2.45, 2.75) is 13.0 Å². The Morgan fingerprint density at radius 2 is 1.68 bits per heavy atom. The molecule has 0 bridgehead atoms. The highest BCUT2D eigenvalue weighted by Crippen LogP contribution is 2.27. The lowest BCUT2D eigenvalue weighted by atomic mass is 10.1. The van der Waals surface area contributed by atoms with Crippen LogP contribution in [0, 0.1) is 0 Å². The predicted octanol–water partition coefficient (Wildman–Crippen LogP) is 4.75. The highest BCUT2D eigenvalue weighted by atomic mass is 32.1. The van der Waals surface area contributed by atoms with Crippen LogP contribution in [0.4, 0.5) is 0 Å². The summed E-state index contributed by atoms with van der Waals surface area (Å²) in [7, 11) is 0.